The maximum absolute atomic E-state index is 12.3. The van der Waals surface area contributed by atoms with Gasteiger partial charge in [0.15, 0.2) is 5.78 Å². The fourth-order valence-corrected chi connectivity index (χ4v) is 3.37. The Morgan fingerprint density at radius 3 is 2.32 bits per heavy atom. The molecule has 1 saturated carbocycles. The number of fused-ring (bicyclic) bond motifs is 1. The van der Waals surface area contributed by atoms with E-state index >= 15 is 0 Å². The fraction of sp³-hybridized carbons (Fsp3) is 0.375. The topological polar surface area (TPSA) is 60.2 Å². The Morgan fingerprint density at radius 1 is 1.05 bits per heavy atom. The monoisotopic (exact) mass is 255 g/mol. The number of amides is 1. The van der Waals surface area contributed by atoms with Crippen molar-refractivity contribution in [1.82, 2.24) is 0 Å². The molecular weight excluding hydrogens is 238 g/mol. The molecule has 2 aliphatic carbocycles. The number of carbonyl (C=O) groups excluding carboxylic acids is 2. The van der Waals surface area contributed by atoms with Crippen LogP contribution in [0, 0.1) is 5.92 Å². The third-order valence-electron chi connectivity index (χ3n) is 4.22. The van der Waals surface area contributed by atoms with Crippen molar-refractivity contribution in [3.63, 3.8) is 0 Å². The van der Waals surface area contributed by atoms with E-state index < -0.39 is 5.91 Å². The Hall–Kier alpha value is -1.90. The molecule has 3 heteroatoms. The van der Waals surface area contributed by atoms with Gasteiger partial charge in [0.2, 0.25) is 0 Å². The number of hydrogen-bond acceptors (Lipinski definition) is 2. The lowest BCUT2D eigenvalue weighted by atomic mass is 9.80. The highest BCUT2D eigenvalue weighted by molar-refractivity contribution is 6.34. The van der Waals surface area contributed by atoms with Crippen molar-refractivity contribution in [2.75, 3.05) is 0 Å². The summed E-state index contributed by atoms with van der Waals surface area (Å²) < 4.78 is 0. The van der Waals surface area contributed by atoms with Gasteiger partial charge in [-0.25, -0.2) is 0 Å². The van der Waals surface area contributed by atoms with Crippen LogP contribution < -0.4 is 5.73 Å². The van der Waals surface area contributed by atoms with Crippen LogP contribution in [0.5, 0.6) is 0 Å². The van der Waals surface area contributed by atoms with Crippen LogP contribution in [0.25, 0.3) is 5.57 Å². The summed E-state index contributed by atoms with van der Waals surface area (Å²) in [5, 5.41) is 0. The lowest BCUT2D eigenvalue weighted by Gasteiger charge is -2.24. The first kappa shape index (κ1) is 12.2. The van der Waals surface area contributed by atoms with Gasteiger partial charge in [0, 0.05) is 5.56 Å². The Bertz CT molecular complexity index is 580. The van der Waals surface area contributed by atoms with Crippen LogP contribution >= 0.6 is 0 Å². The molecule has 1 amide bonds. The zero-order valence-electron chi connectivity index (χ0n) is 10.8. The van der Waals surface area contributed by atoms with Crippen molar-refractivity contribution in [2.24, 2.45) is 11.7 Å². The van der Waals surface area contributed by atoms with E-state index in [2.05, 4.69) is 0 Å². The molecule has 0 aliphatic heterocycles. The van der Waals surface area contributed by atoms with Gasteiger partial charge in [-0.3, -0.25) is 9.59 Å². The minimum Gasteiger partial charge on any atom is -0.365 e. The van der Waals surface area contributed by atoms with Gasteiger partial charge >= 0.3 is 0 Å². The van der Waals surface area contributed by atoms with Crippen LogP contribution in [0.3, 0.4) is 0 Å². The number of primary amides is 1. The summed E-state index contributed by atoms with van der Waals surface area (Å²) in [6.07, 6.45) is 5.67. The predicted molar refractivity (Wildman–Crippen MR) is 73.5 cm³/mol. The Labute approximate surface area is 112 Å². The average Bonchev–Trinajstić information content (AvgIpc) is 2.74. The van der Waals surface area contributed by atoms with Crippen LogP contribution in [0.2, 0.25) is 0 Å². The summed E-state index contributed by atoms with van der Waals surface area (Å²) in [5.41, 5.74) is 8.15. The normalized spacial score (nSPS) is 19.7. The van der Waals surface area contributed by atoms with Gasteiger partial charge in [-0.05, 0) is 29.9 Å². The first-order chi connectivity index (χ1) is 9.20. The minimum atomic E-state index is -0.582. The zero-order valence-corrected chi connectivity index (χ0v) is 10.8. The molecule has 1 aromatic rings. The van der Waals surface area contributed by atoms with Crippen molar-refractivity contribution < 1.29 is 9.59 Å². The molecule has 0 saturated heterocycles. The van der Waals surface area contributed by atoms with Gasteiger partial charge in [0.1, 0.15) is 0 Å². The quantitative estimate of drug-likeness (QED) is 0.826. The molecule has 19 heavy (non-hydrogen) atoms. The molecule has 3 nitrogen and oxygen atoms in total. The maximum Gasteiger partial charge on any atom is 0.253 e. The molecule has 0 heterocycles. The van der Waals surface area contributed by atoms with Gasteiger partial charge in [-0.2, -0.15) is 0 Å². The van der Waals surface area contributed by atoms with Crippen molar-refractivity contribution in [2.45, 2.75) is 32.1 Å². The molecule has 0 aromatic heterocycles. The second-order valence-electron chi connectivity index (χ2n) is 5.36. The van der Waals surface area contributed by atoms with E-state index in [1.54, 1.807) is 6.07 Å². The van der Waals surface area contributed by atoms with Crippen LogP contribution in [-0.2, 0) is 4.79 Å². The Kier molecular flexibility index (Phi) is 2.97. The van der Waals surface area contributed by atoms with Gasteiger partial charge in [-0.1, -0.05) is 43.5 Å². The van der Waals surface area contributed by atoms with E-state index in [9.17, 15) is 9.59 Å². The third-order valence-corrected chi connectivity index (χ3v) is 4.22. The molecule has 0 bridgehead atoms. The van der Waals surface area contributed by atoms with Crippen LogP contribution in [0.4, 0.5) is 0 Å². The van der Waals surface area contributed by atoms with Gasteiger partial charge in [0.05, 0.1) is 5.57 Å². The molecule has 2 aliphatic rings. The standard InChI is InChI=1S/C16H17NO2/c17-16(19)14-13(10-6-2-1-3-7-10)11-8-4-5-9-12(11)15(14)18/h4-5,8-10H,1-3,6-7H2,(H2,17,19). The highest BCUT2D eigenvalue weighted by Gasteiger charge is 2.36. The number of carbonyl (C=O) groups is 2. The number of nitrogens with two attached hydrogens (primary N) is 1. The number of rotatable bonds is 2. The lowest BCUT2D eigenvalue weighted by Crippen LogP contribution is -2.21. The molecule has 3 rings (SSSR count). The second-order valence-corrected chi connectivity index (χ2v) is 5.36. The van der Waals surface area contributed by atoms with Crippen molar-refractivity contribution in [1.29, 1.82) is 0 Å². The summed E-state index contributed by atoms with van der Waals surface area (Å²) in [5.74, 6) is -0.464. The zero-order chi connectivity index (χ0) is 13.4. The Morgan fingerprint density at radius 2 is 1.68 bits per heavy atom. The third kappa shape index (κ3) is 1.89. The molecule has 0 atom stereocenters. The molecule has 2 N–H and O–H groups in total. The van der Waals surface area contributed by atoms with Crippen molar-refractivity contribution in [3.05, 3.63) is 41.0 Å². The molecule has 0 spiro atoms. The minimum absolute atomic E-state index is 0.191. The smallest absolute Gasteiger partial charge is 0.253 e. The van der Waals surface area contributed by atoms with E-state index in [-0.39, 0.29) is 11.4 Å². The van der Waals surface area contributed by atoms with Crippen LogP contribution in [0.1, 0.15) is 48.0 Å². The summed E-state index contributed by atoms with van der Waals surface area (Å²) in [7, 11) is 0. The number of hydrogen-bond donors (Lipinski definition) is 1. The number of ketones is 1. The average molecular weight is 255 g/mol. The molecule has 1 fully saturated rings. The molecule has 0 radical (unpaired) electrons. The maximum atomic E-state index is 12.3. The van der Waals surface area contributed by atoms with E-state index in [0.29, 0.717) is 11.5 Å². The fourth-order valence-electron chi connectivity index (χ4n) is 3.37. The highest BCUT2D eigenvalue weighted by Crippen LogP contribution is 2.43. The largest absolute Gasteiger partial charge is 0.365 e. The van der Waals surface area contributed by atoms with Gasteiger partial charge in [0.25, 0.3) is 5.91 Å². The molecular formula is C16H17NO2. The highest BCUT2D eigenvalue weighted by atomic mass is 16.2. The number of Topliss-reactive ketones (excluding diaryl/α,β-unsaturated/α-hetero) is 1. The van der Waals surface area contributed by atoms with Crippen molar-refractivity contribution >= 4 is 17.3 Å². The molecule has 1 aromatic carbocycles. The molecule has 98 valence electrons. The molecule has 0 unspecified atom stereocenters. The number of allylic oxidation sites excluding steroid dienone is 1. The van der Waals surface area contributed by atoms with Crippen LogP contribution in [0.15, 0.2) is 29.8 Å². The Balaban J connectivity index is 2.14. The van der Waals surface area contributed by atoms with E-state index in [0.717, 1.165) is 36.8 Å². The van der Waals surface area contributed by atoms with Crippen LogP contribution in [-0.4, -0.2) is 11.7 Å². The summed E-state index contributed by atoms with van der Waals surface area (Å²) >= 11 is 0. The van der Waals surface area contributed by atoms with E-state index in [4.69, 9.17) is 5.73 Å². The predicted octanol–water partition coefficient (Wildman–Crippen LogP) is 2.70. The number of benzene rings is 1. The van der Waals surface area contributed by atoms with Crippen molar-refractivity contribution in [3.8, 4) is 0 Å². The summed E-state index contributed by atoms with van der Waals surface area (Å²) in [6, 6.07) is 7.47. The second kappa shape index (κ2) is 4.65. The van der Waals surface area contributed by atoms with Gasteiger partial charge in [-0.15, -0.1) is 0 Å². The van der Waals surface area contributed by atoms with E-state index in [1.807, 2.05) is 18.2 Å². The first-order valence-corrected chi connectivity index (χ1v) is 6.88. The summed E-state index contributed by atoms with van der Waals surface area (Å²) in [4.78, 5) is 24.0. The summed E-state index contributed by atoms with van der Waals surface area (Å²) in [6.45, 7) is 0. The van der Waals surface area contributed by atoms with E-state index in [1.165, 1.54) is 6.42 Å². The SMILES string of the molecule is NC(=O)C1=C(C2CCCCC2)c2ccccc2C1=O. The lowest BCUT2D eigenvalue weighted by molar-refractivity contribution is -0.114. The first-order valence-electron chi connectivity index (χ1n) is 6.88. The van der Waals surface area contributed by atoms with Gasteiger partial charge < -0.3 is 5.73 Å².